The van der Waals surface area contributed by atoms with E-state index in [4.69, 9.17) is 5.10 Å². The summed E-state index contributed by atoms with van der Waals surface area (Å²) in [5, 5.41) is 8.51. The van der Waals surface area contributed by atoms with E-state index in [0.29, 0.717) is 6.54 Å². The Morgan fingerprint density at radius 3 is 2.59 bits per heavy atom. The van der Waals surface area contributed by atoms with E-state index < -0.39 is 0 Å². The zero-order chi connectivity index (χ0) is 25.6. The Morgan fingerprint density at radius 1 is 1.11 bits per heavy atom. The number of rotatable bonds is 6. The third-order valence-electron chi connectivity index (χ3n) is 9.48. The lowest BCUT2D eigenvalue weighted by molar-refractivity contribution is -0.124. The van der Waals surface area contributed by atoms with Gasteiger partial charge in [-0.05, 0) is 80.4 Å². The molecule has 4 atom stereocenters. The summed E-state index contributed by atoms with van der Waals surface area (Å²) in [7, 11) is 0. The Morgan fingerprint density at radius 2 is 1.86 bits per heavy atom. The number of benzene rings is 2. The van der Waals surface area contributed by atoms with Crippen LogP contribution in [0.3, 0.4) is 0 Å². The molecular weight excluding hydrogens is 461 g/mol. The summed E-state index contributed by atoms with van der Waals surface area (Å²) in [6.07, 6.45) is 9.12. The molecule has 4 nitrogen and oxygen atoms in total. The lowest BCUT2D eigenvalue weighted by atomic mass is 9.66. The van der Waals surface area contributed by atoms with Gasteiger partial charge in [-0.2, -0.15) is 5.10 Å². The molecule has 3 aliphatic carbocycles. The number of hydrogen-bond acceptors (Lipinski definition) is 2. The van der Waals surface area contributed by atoms with Crippen LogP contribution in [0.5, 0.6) is 0 Å². The molecule has 2 bridgehead atoms. The van der Waals surface area contributed by atoms with Gasteiger partial charge in [-0.1, -0.05) is 62.2 Å². The maximum Gasteiger partial charge on any atom is 0.229 e. The van der Waals surface area contributed by atoms with Gasteiger partial charge in [0.05, 0.1) is 23.9 Å². The summed E-state index contributed by atoms with van der Waals surface area (Å²) in [6.45, 7) is 5.18. The van der Waals surface area contributed by atoms with Crippen molar-refractivity contribution in [1.29, 1.82) is 0 Å². The average molecular weight is 500 g/mol. The number of fused-ring (bicyclic) bond motifs is 3. The highest BCUT2D eigenvalue weighted by Gasteiger charge is 2.45. The van der Waals surface area contributed by atoms with E-state index in [1.165, 1.54) is 38.2 Å². The third kappa shape index (κ3) is 4.73. The Hall–Kier alpha value is -2.95. The Kier molecular flexibility index (Phi) is 6.42. The molecule has 0 aliphatic heterocycles. The number of carbonyl (C=O) groups excluding carboxylic acids is 1. The Bertz CT molecular complexity index is 1270. The average Bonchev–Trinajstić information content (AvgIpc) is 3.43. The van der Waals surface area contributed by atoms with E-state index in [1.54, 1.807) is 12.1 Å². The molecular formula is C32H38FN3O. The Balaban J connectivity index is 1.31. The smallest absolute Gasteiger partial charge is 0.229 e. The summed E-state index contributed by atoms with van der Waals surface area (Å²) < 4.78 is 16.3. The molecule has 5 heteroatoms. The fourth-order valence-electron chi connectivity index (χ4n) is 7.54. The van der Waals surface area contributed by atoms with Crippen LogP contribution in [0, 0.1) is 23.1 Å². The van der Waals surface area contributed by atoms with E-state index in [0.717, 1.165) is 59.2 Å². The van der Waals surface area contributed by atoms with Gasteiger partial charge < -0.3 is 5.32 Å². The second kappa shape index (κ2) is 9.74. The third-order valence-corrected chi connectivity index (χ3v) is 9.48. The van der Waals surface area contributed by atoms with Gasteiger partial charge in [0.15, 0.2) is 0 Å². The maximum absolute atomic E-state index is 14.3. The number of hydrogen-bond donors (Lipinski definition) is 1. The summed E-state index contributed by atoms with van der Waals surface area (Å²) in [5.74, 6) is 1.23. The predicted octanol–water partition coefficient (Wildman–Crippen LogP) is 6.88. The molecule has 3 aromatic rings. The molecule has 0 saturated heterocycles. The first-order valence-electron chi connectivity index (χ1n) is 14.1. The van der Waals surface area contributed by atoms with Gasteiger partial charge in [-0.15, -0.1) is 0 Å². The topological polar surface area (TPSA) is 46.9 Å². The molecule has 1 aromatic heterocycles. The van der Waals surface area contributed by atoms with Crippen molar-refractivity contribution in [3.05, 3.63) is 77.2 Å². The van der Waals surface area contributed by atoms with E-state index in [9.17, 15) is 9.18 Å². The van der Waals surface area contributed by atoms with E-state index in [1.807, 2.05) is 28.9 Å². The lowest BCUT2D eigenvalue weighted by Crippen LogP contribution is -2.48. The van der Waals surface area contributed by atoms with Crippen LogP contribution >= 0.6 is 0 Å². The minimum Gasteiger partial charge on any atom is -0.353 e. The highest BCUT2D eigenvalue weighted by molar-refractivity contribution is 5.85. The van der Waals surface area contributed by atoms with E-state index >= 15 is 0 Å². The molecule has 0 spiro atoms. The summed E-state index contributed by atoms with van der Waals surface area (Å²) in [6, 6.07) is 17.1. The molecule has 1 N–H and O–H groups in total. The maximum atomic E-state index is 14.3. The lowest BCUT2D eigenvalue weighted by Gasteiger charge is -2.43. The van der Waals surface area contributed by atoms with E-state index in [-0.39, 0.29) is 29.1 Å². The van der Waals surface area contributed by atoms with Crippen LogP contribution in [0.2, 0.25) is 0 Å². The monoisotopic (exact) mass is 499 g/mol. The molecule has 3 aliphatic rings. The first-order valence-corrected chi connectivity index (χ1v) is 14.1. The number of aromatic nitrogens is 2. The number of carbonyl (C=O) groups is 1. The van der Waals surface area contributed by atoms with Crippen molar-refractivity contribution < 1.29 is 9.18 Å². The van der Waals surface area contributed by atoms with Crippen molar-refractivity contribution in [3.8, 4) is 11.3 Å². The van der Waals surface area contributed by atoms with Gasteiger partial charge in [-0.25, -0.2) is 4.39 Å². The SMILES string of the molecule is CC(NC(=O)C1CCCc2c1nn(Cc1ccccc1)c2-c1cccc(F)c1)C1(C)CC2CCC(C2)C1. The van der Waals surface area contributed by atoms with Crippen LogP contribution < -0.4 is 5.32 Å². The first kappa shape index (κ1) is 24.4. The van der Waals surface area contributed by atoms with Crippen molar-refractivity contribution in [3.63, 3.8) is 0 Å². The molecule has 4 unspecified atom stereocenters. The molecule has 0 radical (unpaired) electrons. The zero-order valence-electron chi connectivity index (χ0n) is 22.1. The van der Waals surface area contributed by atoms with Gasteiger partial charge in [-0.3, -0.25) is 9.48 Å². The first-order chi connectivity index (χ1) is 17.9. The van der Waals surface area contributed by atoms with Crippen LogP contribution in [-0.4, -0.2) is 21.7 Å². The molecule has 6 rings (SSSR count). The predicted molar refractivity (Wildman–Crippen MR) is 145 cm³/mol. The standard InChI is InChI=1S/C32H38FN3O/c1-21(32(2)18-23-14-15-24(16-23)19-32)34-31(37)28-13-7-12-27-29(28)35-36(20-22-8-4-3-5-9-22)30(27)25-10-6-11-26(33)17-25/h3-6,8-11,17,21,23-24,28H,7,12-16,18-20H2,1-2H3,(H,34,37). The summed E-state index contributed by atoms with van der Waals surface area (Å²) in [5.41, 5.74) is 5.04. The van der Waals surface area contributed by atoms with Crippen LogP contribution in [0.4, 0.5) is 4.39 Å². The molecule has 2 aromatic carbocycles. The van der Waals surface area contributed by atoms with E-state index in [2.05, 4.69) is 31.3 Å². The fourth-order valence-corrected chi connectivity index (χ4v) is 7.54. The Labute approximate surface area is 219 Å². The minimum atomic E-state index is -0.264. The second-order valence-corrected chi connectivity index (χ2v) is 12.1. The summed E-state index contributed by atoms with van der Waals surface area (Å²) >= 11 is 0. The van der Waals surface area contributed by atoms with Crippen LogP contribution in [0.25, 0.3) is 11.3 Å². The van der Waals surface area contributed by atoms with Crippen LogP contribution in [-0.2, 0) is 17.8 Å². The number of nitrogens with one attached hydrogen (secondary N) is 1. The van der Waals surface area contributed by atoms with Crippen LogP contribution in [0.1, 0.15) is 81.5 Å². The molecule has 2 saturated carbocycles. The molecule has 1 amide bonds. The highest BCUT2D eigenvalue weighted by atomic mass is 19.1. The fraction of sp³-hybridized carbons (Fsp3) is 0.500. The van der Waals surface area contributed by atoms with Crippen molar-refractivity contribution >= 4 is 5.91 Å². The number of nitrogens with zero attached hydrogens (tertiary/aromatic N) is 2. The number of amides is 1. The zero-order valence-corrected chi connectivity index (χ0v) is 22.1. The largest absolute Gasteiger partial charge is 0.353 e. The van der Waals surface area contributed by atoms with Crippen molar-refractivity contribution in [2.24, 2.45) is 17.3 Å². The van der Waals surface area contributed by atoms with Gasteiger partial charge in [0.1, 0.15) is 5.82 Å². The number of halogens is 1. The van der Waals surface area contributed by atoms with Gasteiger partial charge in [0.2, 0.25) is 5.91 Å². The van der Waals surface area contributed by atoms with Gasteiger partial charge in [0.25, 0.3) is 0 Å². The molecule has 2 fully saturated rings. The quantitative estimate of drug-likeness (QED) is 0.402. The van der Waals surface area contributed by atoms with Gasteiger partial charge >= 0.3 is 0 Å². The van der Waals surface area contributed by atoms with Crippen LogP contribution in [0.15, 0.2) is 54.6 Å². The molecule has 194 valence electrons. The van der Waals surface area contributed by atoms with Crippen molar-refractivity contribution in [1.82, 2.24) is 15.1 Å². The minimum absolute atomic E-state index is 0.0998. The van der Waals surface area contributed by atoms with Gasteiger partial charge in [0, 0.05) is 17.2 Å². The second-order valence-electron chi connectivity index (χ2n) is 12.1. The normalized spacial score (nSPS) is 27.5. The summed E-state index contributed by atoms with van der Waals surface area (Å²) in [4.78, 5) is 13.8. The molecule has 37 heavy (non-hydrogen) atoms. The van der Waals surface area contributed by atoms with Crippen molar-refractivity contribution in [2.75, 3.05) is 0 Å². The molecule has 1 heterocycles. The van der Waals surface area contributed by atoms with Crippen molar-refractivity contribution in [2.45, 2.75) is 83.7 Å². The highest BCUT2D eigenvalue weighted by Crippen LogP contribution is 2.52.